The fourth-order valence-electron chi connectivity index (χ4n) is 2.77. The van der Waals surface area contributed by atoms with E-state index in [0.29, 0.717) is 6.54 Å². The smallest absolute Gasteiger partial charge is 0.229 e. The minimum absolute atomic E-state index is 0.0428. The normalized spacial score (nSPS) is 18.5. The quantitative estimate of drug-likeness (QED) is 0.833. The first-order valence-corrected chi connectivity index (χ1v) is 7.71. The first kappa shape index (κ1) is 14.9. The van der Waals surface area contributed by atoms with Crippen molar-refractivity contribution in [3.05, 3.63) is 29.8 Å². The molecule has 1 heterocycles. The van der Waals surface area contributed by atoms with Crippen LogP contribution in [0.2, 0.25) is 0 Å². The third kappa shape index (κ3) is 3.75. The van der Waals surface area contributed by atoms with Crippen molar-refractivity contribution in [2.75, 3.05) is 11.9 Å². The van der Waals surface area contributed by atoms with Crippen LogP contribution < -0.4 is 10.6 Å². The number of rotatable bonds is 6. The number of hydrogen-bond donors (Lipinski definition) is 2. The summed E-state index contributed by atoms with van der Waals surface area (Å²) in [6.07, 6.45) is 3.47. The number of fused-ring (bicyclic) bond motifs is 1. The highest BCUT2D eigenvalue weighted by molar-refractivity contribution is 5.88. The lowest BCUT2D eigenvalue weighted by molar-refractivity contribution is -0.122. The van der Waals surface area contributed by atoms with Crippen molar-refractivity contribution in [1.82, 2.24) is 5.32 Å². The number of benzene rings is 1. The van der Waals surface area contributed by atoms with Gasteiger partial charge in [0.05, 0.1) is 5.92 Å². The Labute approximate surface area is 122 Å². The maximum Gasteiger partial charge on any atom is 0.229 e. The first-order chi connectivity index (χ1) is 9.58. The molecule has 110 valence electrons. The number of amides is 1. The van der Waals surface area contributed by atoms with E-state index in [-0.39, 0.29) is 17.9 Å². The number of nitrogens with one attached hydrogen (secondary N) is 2. The first-order valence-electron chi connectivity index (χ1n) is 7.71. The van der Waals surface area contributed by atoms with E-state index in [0.717, 1.165) is 23.6 Å². The molecule has 1 aliphatic rings. The van der Waals surface area contributed by atoms with Gasteiger partial charge < -0.3 is 10.6 Å². The lowest BCUT2D eigenvalue weighted by Gasteiger charge is -2.17. The van der Waals surface area contributed by atoms with Crippen molar-refractivity contribution in [3.63, 3.8) is 0 Å². The number of para-hydroxylation sites is 1. The summed E-state index contributed by atoms with van der Waals surface area (Å²) in [5, 5.41) is 6.46. The summed E-state index contributed by atoms with van der Waals surface area (Å²) in [4.78, 5) is 12.4. The third-order valence-electron chi connectivity index (χ3n) is 3.96. The van der Waals surface area contributed by atoms with Gasteiger partial charge in [0.25, 0.3) is 0 Å². The Morgan fingerprint density at radius 2 is 2.05 bits per heavy atom. The Balaban J connectivity index is 1.84. The zero-order chi connectivity index (χ0) is 14.5. The average Bonchev–Trinajstić information content (AvgIpc) is 2.82. The largest absolute Gasteiger partial charge is 0.384 e. The van der Waals surface area contributed by atoms with Crippen molar-refractivity contribution in [2.24, 2.45) is 5.92 Å². The standard InChI is InChI=1S/C17H26N2O/c1-12(2)7-6-8-13(3)19-17(20)15-11-18-16-10-5-4-9-14(15)16/h4-5,9-10,12-13,15,18H,6-8,11H2,1-3H3,(H,19,20). The zero-order valence-corrected chi connectivity index (χ0v) is 12.8. The number of hydrogen-bond acceptors (Lipinski definition) is 2. The molecule has 2 rings (SSSR count). The number of carbonyl (C=O) groups is 1. The van der Waals surface area contributed by atoms with Gasteiger partial charge in [-0.25, -0.2) is 0 Å². The highest BCUT2D eigenvalue weighted by Gasteiger charge is 2.28. The van der Waals surface area contributed by atoms with E-state index < -0.39 is 0 Å². The highest BCUT2D eigenvalue weighted by Crippen LogP contribution is 2.31. The van der Waals surface area contributed by atoms with E-state index in [1.165, 1.54) is 12.8 Å². The van der Waals surface area contributed by atoms with E-state index in [2.05, 4.69) is 31.4 Å². The fourth-order valence-corrected chi connectivity index (χ4v) is 2.77. The van der Waals surface area contributed by atoms with Gasteiger partial charge in [0.2, 0.25) is 5.91 Å². The highest BCUT2D eigenvalue weighted by atomic mass is 16.2. The second kappa shape index (κ2) is 6.78. The van der Waals surface area contributed by atoms with Crippen LogP contribution in [-0.4, -0.2) is 18.5 Å². The molecule has 3 heteroatoms. The Bertz CT molecular complexity index is 456. The molecule has 1 aliphatic heterocycles. The molecule has 3 nitrogen and oxygen atoms in total. The molecule has 20 heavy (non-hydrogen) atoms. The Kier molecular flexibility index (Phi) is 5.05. The van der Waals surface area contributed by atoms with Crippen LogP contribution >= 0.6 is 0 Å². The minimum Gasteiger partial charge on any atom is -0.384 e. The molecular formula is C17H26N2O. The van der Waals surface area contributed by atoms with Crippen LogP contribution in [0.25, 0.3) is 0 Å². The van der Waals surface area contributed by atoms with Crippen LogP contribution in [0.15, 0.2) is 24.3 Å². The minimum atomic E-state index is -0.0428. The maximum absolute atomic E-state index is 12.4. The summed E-state index contributed by atoms with van der Waals surface area (Å²) in [5.74, 6) is 0.849. The Hall–Kier alpha value is -1.51. The molecule has 0 aliphatic carbocycles. The second-order valence-corrected chi connectivity index (χ2v) is 6.26. The molecule has 0 spiro atoms. The molecule has 1 amide bonds. The van der Waals surface area contributed by atoms with Crippen molar-refractivity contribution in [1.29, 1.82) is 0 Å². The van der Waals surface area contributed by atoms with Gasteiger partial charge in [-0.1, -0.05) is 44.9 Å². The SMILES string of the molecule is CC(C)CCCC(C)NC(=O)C1CNc2ccccc21. The number of carbonyl (C=O) groups excluding carboxylic acids is 1. The van der Waals surface area contributed by atoms with Gasteiger partial charge in [0, 0.05) is 18.3 Å². The molecule has 0 saturated heterocycles. The van der Waals surface area contributed by atoms with E-state index in [4.69, 9.17) is 0 Å². The monoisotopic (exact) mass is 274 g/mol. The topological polar surface area (TPSA) is 41.1 Å². The van der Waals surface area contributed by atoms with Crippen LogP contribution in [0.5, 0.6) is 0 Å². The lowest BCUT2D eigenvalue weighted by Crippen LogP contribution is -2.37. The van der Waals surface area contributed by atoms with E-state index >= 15 is 0 Å². The van der Waals surface area contributed by atoms with Gasteiger partial charge in [-0.3, -0.25) is 4.79 Å². The number of anilines is 1. The summed E-state index contributed by atoms with van der Waals surface area (Å²) in [5.41, 5.74) is 2.22. The van der Waals surface area contributed by atoms with Gasteiger partial charge in [0.15, 0.2) is 0 Å². The molecule has 1 aromatic carbocycles. The van der Waals surface area contributed by atoms with Crippen LogP contribution in [0.1, 0.15) is 51.5 Å². The van der Waals surface area contributed by atoms with Crippen LogP contribution in [0, 0.1) is 5.92 Å². The third-order valence-corrected chi connectivity index (χ3v) is 3.96. The van der Waals surface area contributed by atoms with Gasteiger partial charge in [-0.15, -0.1) is 0 Å². The van der Waals surface area contributed by atoms with E-state index in [1.807, 2.05) is 24.3 Å². The molecular weight excluding hydrogens is 248 g/mol. The summed E-state index contributed by atoms with van der Waals surface area (Å²) in [7, 11) is 0. The molecule has 0 bridgehead atoms. The van der Waals surface area contributed by atoms with Crippen molar-refractivity contribution in [2.45, 2.75) is 52.0 Å². The van der Waals surface area contributed by atoms with Crippen molar-refractivity contribution in [3.8, 4) is 0 Å². The van der Waals surface area contributed by atoms with Gasteiger partial charge >= 0.3 is 0 Å². The molecule has 0 saturated carbocycles. The Morgan fingerprint density at radius 1 is 1.30 bits per heavy atom. The summed E-state index contributed by atoms with van der Waals surface area (Å²) in [6.45, 7) is 7.30. The Morgan fingerprint density at radius 3 is 2.80 bits per heavy atom. The van der Waals surface area contributed by atoms with Crippen LogP contribution in [-0.2, 0) is 4.79 Å². The van der Waals surface area contributed by atoms with E-state index in [1.54, 1.807) is 0 Å². The molecule has 2 N–H and O–H groups in total. The van der Waals surface area contributed by atoms with E-state index in [9.17, 15) is 4.79 Å². The molecule has 1 aromatic rings. The predicted octanol–water partition coefficient (Wildman–Crippen LogP) is 3.53. The van der Waals surface area contributed by atoms with Gasteiger partial charge in [-0.05, 0) is 30.9 Å². The molecule has 2 unspecified atom stereocenters. The van der Waals surface area contributed by atoms with Gasteiger partial charge in [0.1, 0.15) is 0 Å². The van der Waals surface area contributed by atoms with Crippen LogP contribution in [0.3, 0.4) is 0 Å². The summed E-state index contributed by atoms with van der Waals surface area (Å²) in [6, 6.07) is 8.34. The van der Waals surface area contributed by atoms with Crippen LogP contribution in [0.4, 0.5) is 5.69 Å². The molecule has 2 atom stereocenters. The molecule has 0 fully saturated rings. The summed E-state index contributed by atoms with van der Waals surface area (Å²) < 4.78 is 0. The maximum atomic E-state index is 12.4. The fraction of sp³-hybridized carbons (Fsp3) is 0.588. The van der Waals surface area contributed by atoms with Crippen molar-refractivity contribution >= 4 is 11.6 Å². The lowest BCUT2D eigenvalue weighted by atomic mass is 9.99. The molecule has 0 aromatic heterocycles. The average molecular weight is 274 g/mol. The molecule has 0 radical (unpaired) electrons. The predicted molar refractivity (Wildman–Crippen MR) is 84.0 cm³/mol. The van der Waals surface area contributed by atoms with Gasteiger partial charge in [-0.2, -0.15) is 0 Å². The summed E-state index contributed by atoms with van der Waals surface area (Å²) >= 11 is 0. The van der Waals surface area contributed by atoms with Crippen molar-refractivity contribution < 1.29 is 4.79 Å². The zero-order valence-electron chi connectivity index (χ0n) is 12.8. The second-order valence-electron chi connectivity index (χ2n) is 6.26.